The van der Waals surface area contributed by atoms with E-state index in [4.69, 9.17) is 4.74 Å². The summed E-state index contributed by atoms with van der Waals surface area (Å²) in [6.45, 7) is 9.69. The van der Waals surface area contributed by atoms with Gasteiger partial charge in [0.2, 0.25) is 0 Å². The monoisotopic (exact) mass is 437 g/mol. The number of nitrogens with zero attached hydrogens (tertiary/aromatic N) is 3. The van der Waals surface area contributed by atoms with Gasteiger partial charge in [-0.2, -0.15) is 0 Å². The van der Waals surface area contributed by atoms with E-state index in [0.717, 1.165) is 57.9 Å². The first kappa shape index (κ1) is 22.6. The van der Waals surface area contributed by atoms with Crippen molar-refractivity contribution >= 4 is 5.91 Å². The summed E-state index contributed by atoms with van der Waals surface area (Å²) < 4.78 is 6.04. The molecule has 2 aliphatic heterocycles. The molecule has 2 aromatic rings. The molecule has 1 aromatic carbocycles. The van der Waals surface area contributed by atoms with E-state index in [1.807, 2.05) is 11.0 Å². The van der Waals surface area contributed by atoms with Crippen molar-refractivity contribution < 1.29 is 14.6 Å². The zero-order chi connectivity index (χ0) is 22.6. The Labute approximate surface area is 191 Å². The number of aromatic nitrogens is 1. The molecule has 3 heterocycles. The molecular formula is C26H35N3O3. The van der Waals surface area contributed by atoms with E-state index >= 15 is 0 Å². The van der Waals surface area contributed by atoms with Crippen molar-refractivity contribution in [1.82, 2.24) is 14.8 Å². The molecule has 0 unspecified atom stereocenters. The summed E-state index contributed by atoms with van der Waals surface area (Å²) in [5.41, 5.74) is 1.95. The van der Waals surface area contributed by atoms with Crippen LogP contribution < -0.4 is 4.74 Å². The lowest BCUT2D eigenvalue weighted by Crippen LogP contribution is -2.48. The van der Waals surface area contributed by atoms with E-state index in [-0.39, 0.29) is 11.7 Å². The number of hydrogen-bond donors (Lipinski definition) is 1. The third-order valence-electron chi connectivity index (χ3n) is 7.00. The number of amides is 1. The van der Waals surface area contributed by atoms with Crippen LogP contribution in [-0.4, -0.2) is 58.6 Å². The van der Waals surface area contributed by atoms with Gasteiger partial charge in [0, 0.05) is 31.4 Å². The Morgan fingerprint density at radius 1 is 1.09 bits per heavy atom. The zero-order valence-corrected chi connectivity index (χ0v) is 19.3. The molecule has 172 valence electrons. The number of benzene rings is 1. The fraction of sp³-hybridized carbons (Fsp3) is 0.538. The van der Waals surface area contributed by atoms with Crippen LogP contribution in [0.4, 0.5) is 0 Å². The van der Waals surface area contributed by atoms with E-state index in [0.29, 0.717) is 16.9 Å². The van der Waals surface area contributed by atoms with Gasteiger partial charge in [0.05, 0.1) is 18.4 Å². The Hall–Kier alpha value is -2.60. The number of para-hydroxylation sites is 1. The fourth-order valence-corrected chi connectivity index (χ4v) is 4.88. The molecule has 0 atom stereocenters. The zero-order valence-electron chi connectivity index (χ0n) is 19.3. The van der Waals surface area contributed by atoms with Crippen LogP contribution in [0.5, 0.6) is 11.5 Å². The van der Waals surface area contributed by atoms with Crippen LogP contribution in [0.15, 0.2) is 42.7 Å². The average molecular weight is 438 g/mol. The summed E-state index contributed by atoms with van der Waals surface area (Å²) in [7, 11) is 0. The topological polar surface area (TPSA) is 65.9 Å². The van der Waals surface area contributed by atoms with Crippen molar-refractivity contribution in [3.8, 4) is 11.5 Å². The molecule has 1 aromatic heterocycles. The Bertz CT molecular complexity index is 912. The van der Waals surface area contributed by atoms with Gasteiger partial charge in [-0.05, 0) is 62.2 Å². The van der Waals surface area contributed by atoms with Crippen LogP contribution in [0, 0.1) is 11.3 Å². The van der Waals surface area contributed by atoms with Crippen molar-refractivity contribution in [3.05, 3.63) is 53.9 Å². The van der Waals surface area contributed by atoms with Crippen LogP contribution >= 0.6 is 0 Å². The lowest BCUT2D eigenvalue weighted by atomic mass is 9.71. The van der Waals surface area contributed by atoms with Gasteiger partial charge in [-0.25, -0.2) is 0 Å². The molecule has 2 saturated heterocycles. The Morgan fingerprint density at radius 2 is 1.78 bits per heavy atom. The summed E-state index contributed by atoms with van der Waals surface area (Å²) >= 11 is 0. The number of carbonyl (C=O) groups is 1. The van der Waals surface area contributed by atoms with Gasteiger partial charge in [-0.1, -0.05) is 32.0 Å². The number of piperidine rings is 2. The quantitative estimate of drug-likeness (QED) is 0.728. The number of carbonyl (C=O) groups excluding carboxylic acids is 1. The maximum absolute atomic E-state index is 12.8. The smallest absolute Gasteiger partial charge is 0.257 e. The van der Waals surface area contributed by atoms with Gasteiger partial charge >= 0.3 is 0 Å². The summed E-state index contributed by atoms with van der Waals surface area (Å²) in [6.07, 6.45) is 7.30. The molecule has 6 heteroatoms. The van der Waals surface area contributed by atoms with Gasteiger partial charge in [0.25, 0.3) is 5.91 Å². The van der Waals surface area contributed by atoms with Gasteiger partial charge < -0.3 is 14.7 Å². The average Bonchev–Trinajstić information content (AvgIpc) is 2.80. The Morgan fingerprint density at radius 3 is 2.47 bits per heavy atom. The SMILES string of the molecule is CC(C)COc1ccccc1CN1CCC2(CC1)CCN(C(=O)c1ccncc1O)CC2. The lowest BCUT2D eigenvalue weighted by Gasteiger charge is -2.47. The Balaban J connectivity index is 1.29. The summed E-state index contributed by atoms with van der Waals surface area (Å²) in [5.74, 6) is 1.39. The molecule has 1 amide bonds. The third-order valence-corrected chi connectivity index (χ3v) is 7.00. The van der Waals surface area contributed by atoms with Crippen molar-refractivity contribution in [1.29, 1.82) is 0 Å². The minimum Gasteiger partial charge on any atom is -0.505 e. The highest BCUT2D eigenvalue weighted by molar-refractivity contribution is 5.96. The molecule has 32 heavy (non-hydrogen) atoms. The number of ether oxygens (including phenoxy) is 1. The third kappa shape index (κ3) is 5.23. The second-order valence-electron chi connectivity index (χ2n) is 9.77. The minimum absolute atomic E-state index is 0.0382. The van der Waals surface area contributed by atoms with Crippen molar-refractivity contribution in [3.63, 3.8) is 0 Å². The largest absolute Gasteiger partial charge is 0.505 e. The summed E-state index contributed by atoms with van der Waals surface area (Å²) in [5, 5.41) is 9.96. The van der Waals surface area contributed by atoms with Crippen molar-refractivity contribution in [2.75, 3.05) is 32.8 Å². The van der Waals surface area contributed by atoms with Gasteiger partial charge in [-0.3, -0.25) is 14.7 Å². The first-order chi connectivity index (χ1) is 15.5. The van der Waals surface area contributed by atoms with Crippen LogP contribution in [0.2, 0.25) is 0 Å². The molecule has 1 spiro atoms. The highest BCUT2D eigenvalue weighted by Crippen LogP contribution is 2.42. The number of likely N-dealkylation sites (tertiary alicyclic amines) is 2. The van der Waals surface area contributed by atoms with Crippen LogP contribution in [0.1, 0.15) is 55.5 Å². The van der Waals surface area contributed by atoms with Gasteiger partial charge in [0.1, 0.15) is 11.5 Å². The number of hydrogen-bond acceptors (Lipinski definition) is 5. The van der Waals surface area contributed by atoms with E-state index in [9.17, 15) is 9.90 Å². The van der Waals surface area contributed by atoms with E-state index < -0.39 is 0 Å². The normalized spacial score (nSPS) is 18.8. The van der Waals surface area contributed by atoms with Crippen LogP contribution in [-0.2, 0) is 6.54 Å². The summed E-state index contributed by atoms with van der Waals surface area (Å²) in [4.78, 5) is 21.1. The Kier molecular flexibility index (Phi) is 6.99. The lowest BCUT2D eigenvalue weighted by molar-refractivity contribution is 0.0282. The molecule has 0 bridgehead atoms. The highest BCUT2D eigenvalue weighted by Gasteiger charge is 2.39. The molecule has 0 radical (unpaired) electrons. The van der Waals surface area contributed by atoms with Gasteiger partial charge in [0.15, 0.2) is 0 Å². The molecule has 6 nitrogen and oxygen atoms in total. The molecule has 0 saturated carbocycles. The predicted molar refractivity (Wildman–Crippen MR) is 125 cm³/mol. The first-order valence-electron chi connectivity index (χ1n) is 11.8. The molecule has 0 aliphatic carbocycles. The maximum Gasteiger partial charge on any atom is 0.257 e. The van der Waals surface area contributed by atoms with E-state index in [1.165, 1.54) is 24.6 Å². The number of pyridine rings is 1. The maximum atomic E-state index is 12.8. The minimum atomic E-state index is -0.0878. The molecule has 2 aliphatic rings. The van der Waals surface area contributed by atoms with Crippen molar-refractivity contribution in [2.45, 2.75) is 46.1 Å². The fourth-order valence-electron chi connectivity index (χ4n) is 4.88. The van der Waals surface area contributed by atoms with Gasteiger partial charge in [-0.15, -0.1) is 0 Å². The van der Waals surface area contributed by atoms with Crippen LogP contribution in [0.25, 0.3) is 0 Å². The molecule has 1 N–H and O–H groups in total. The second-order valence-corrected chi connectivity index (χ2v) is 9.77. The highest BCUT2D eigenvalue weighted by atomic mass is 16.5. The second kappa shape index (κ2) is 9.90. The number of rotatable bonds is 6. The standard InChI is InChI=1S/C26H35N3O3/c1-20(2)19-32-24-6-4-3-5-21(24)18-28-13-8-26(9-14-28)10-15-29(16-11-26)25(31)22-7-12-27-17-23(22)30/h3-7,12,17,20,30H,8-11,13-16,18-19H2,1-2H3. The summed E-state index contributed by atoms with van der Waals surface area (Å²) in [6, 6.07) is 10.00. The van der Waals surface area contributed by atoms with Crippen LogP contribution in [0.3, 0.4) is 0 Å². The molecule has 2 fully saturated rings. The predicted octanol–water partition coefficient (Wildman–Crippen LogP) is 4.34. The number of aromatic hydroxyl groups is 1. The van der Waals surface area contributed by atoms with E-state index in [1.54, 1.807) is 12.3 Å². The first-order valence-corrected chi connectivity index (χ1v) is 11.8. The molecular weight excluding hydrogens is 402 g/mol. The van der Waals surface area contributed by atoms with Crippen molar-refractivity contribution in [2.24, 2.45) is 11.3 Å². The van der Waals surface area contributed by atoms with E-state index in [2.05, 4.69) is 41.9 Å². The molecule has 4 rings (SSSR count).